The second-order valence-electron chi connectivity index (χ2n) is 16.2. The topological polar surface area (TPSA) is 69.6 Å². The molecule has 6 nitrogen and oxygen atoms in total. The molecule has 0 spiro atoms. The predicted molar refractivity (Wildman–Crippen MR) is 261 cm³/mol. The minimum absolute atomic E-state index is 0.576. The minimum Gasteiger partial charge on any atom is -0.456 e. The van der Waals surface area contributed by atoms with Crippen LogP contribution >= 0.6 is 0 Å². The van der Waals surface area contributed by atoms with E-state index in [1.165, 1.54) is 10.8 Å². The van der Waals surface area contributed by atoms with Crippen LogP contribution in [0.2, 0.25) is 0 Å². The van der Waals surface area contributed by atoms with Gasteiger partial charge in [0.05, 0.1) is 22.2 Å². The third-order valence-corrected chi connectivity index (χ3v) is 12.4. The maximum atomic E-state index is 6.64. The number of para-hydroxylation sites is 4. The van der Waals surface area contributed by atoms with E-state index in [4.69, 9.17) is 24.4 Å². The van der Waals surface area contributed by atoms with Gasteiger partial charge in [-0.05, 0) is 66.2 Å². The van der Waals surface area contributed by atoms with Crippen molar-refractivity contribution in [2.75, 3.05) is 0 Å². The second kappa shape index (κ2) is 14.4. The van der Waals surface area contributed by atoms with E-state index in [0.29, 0.717) is 17.5 Å². The number of fused-ring (bicyclic) bond motifs is 9. The highest BCUT2D eigenvalue weighted by atomic mass is 16.3. The molecule has 0 aliphatic carbocycles. The molecule has 6 heteroatoms. The Labute approximate surface area is 367 Å². The average molecular weight is 818 g/mol. The van der Waals surface area contributed by atoms with E-state index in [2.05, 4.69) is 174 Å². The van der Waals surface area contributed by atoms with Gasteiger partial charge in [-0.3, -0.25) is 0 Å². The molecule has 0 aliphatic heterocycles. The molecule has 0 bridgehead atoms. The van der Waals surface area contributed by atoms with Crippen LogP contribution in [0.5, 0.6) is 0 Å². The number of nitrogens with zero attached hydrogens (tertiary/aromatic N) is 5. The van der Waals surface area contributed by atoms with Gasteiger partial charge >= 0.3 is 0 Å². The van der Waals surface area contributed by atoms with Gasteiger partial charge in [-0.25, -0.2) is 19.9 Å². The summed E-state index contributed by atoms with van der Waals surface area (Å²) in [5.41, 5.74) is 12.7. The number of pyridine rings is 1. The van der Waals surface area contributed by atoms with E-state index in [0.717, 1.165) is 99.4 Å². The summed E-state index contributed by atoms with van der Waals surface area (Å²) in [6.45, 7) is 0. The molecule has 64 heavy (non-hydrogen) atoms. The van der Waals surface area contributed by atoms with Gasteiger partial charge in [0, 0.05) is 71.2 Å². The Hall–Kier alpha value is -8.74. The Kier molecular flexibility index (Phi) is 8.11. The largest absolute Gasteiger partial charge is 0.456 e. The van der Waals surface area contributed by atoms with E-state index in [1.54, 1.807) is 0 Å². The smallest absolute Gasteiger partial charge is 0.164 e. The Bertz CT molecular complexity index is 3890. The van der Waals surface area contributed by atoms with E-state index in [-0.39, 0.29) is 0 Å². The molecule has 0 fully saturated rings. The molecule has 0 aliphatic rings. The summed E-state index contributed by atoms with van der Waals surface area (Å²) in [7, 11) is 0. The van der Waals surface area contributed by atoms with E-state index < -0.39 is 0 Å². The fourth-order valence-electron chi connectivity index (χ4n) is 9.55. The molecular weight excluding hydrogens is 783 g/mol. The normalized spacial score (nSPS) is 11.8. The van der Waals surface area contributed by atoms with Gasteiger partial charge in [-0.1, -0.05) is 152 Å². The van der Waals surface area contributed by atoms with Gasteiger partial charge < -0.3 is 8.98 Å². The number of aromatic nitrogens is 5. The number of furan rings is 1. The lowest BCUT2D eigenvalue weighted by Gasteiger charge is -2.16. The van der Waals surface area contributed by atoms with Crippen LogP contribution in [0.25, 0.3) is 128 Å². The molecule has 13 rings (SSSR count). The Morgan fingerprint density at radius 3 is 1.56 bits per heavy atom. The zero-order chi connectivity index (χ0) is 42.1. The third kappa shape index (κ3) is 5.73. The van der Waals surface area contributed by atoms with Gasteiger partial charge in [0.1, 0.15) is 11.2 Å². The van der Waals surface area contributed by atoms with Crippen molar-refractivity contribution in [3.8, 4) is 62.2 Å². The quantitative estimate of drug-likeness (QED) is 0.156. The molecule has 0 saturated carbocycles. The summed E-state index contributed by atoms with van der Waals surface area (Å²) in [6, 6.07) is 73.7. The first-order valence-electron chi connectivity index (χ1n) is 21.5. The highest BCUT2D eigenvalue weighted by Gasteiger charge is 2.22. The number of hydrogen-bond acceptors (Lipinski definition) is 5. The van der Waals surface area contributed by atoms with Crippen LogP contribution in [-0.4, -0.2) is 24.5 Å². The maximum Gasteiger partial charge on any atom is 0.164 e. The Balaban J connectivity index is 0.993. The molecule has 9 aromatic carbocycles. The monoisotopic (exact) mass is 817 g/mol. The fraction of sp³-hybridized carbons (Fsp3) is 0. The fourth-order valence-corrected chi connectivity index (χ4v) is 9.55. The molecule has 0 N–H and O–H groups in total. The first-order valence-corrected chi connectivity index (χ1v) is 21.5. The van der Waals surface area contributed by atoms with Crippen molar-refractivity contribution in [1.29, 1.82) is 0 Å². The van der Waals surface area contributed by atoms with Gasteiger partial charge in [-0.2, -0.15) is 0 Å². The van der Waals surface area contributed by atoms with Crippen molar-refractivity contribution >= 4 is 65.4 Å². The summed E-state index contributed by atoms with van der Waals surface area (Å²) in [5, 5.41) is 7.86. The molecule has 0 unspecified atom stereocenters. The highest BCUT2D eigenvalue weighted by molar-refractivity contribution is 6.27. The summed E-state index contributed by atoms with van der Waals surface area (Å²) >= 11 is 0. The predicted octanol–water partition coefficient (Wildman–Crippen LogP) is 14.9. The summed E-state index contributed by atoms with van der Waals surface area (Å²) in [4.78, 5) is 20.8. The molecule has 0 saturated heterocycles. The molecular formula is C58H35N5O. The van der Waals surface area contributed by atoms with Gasteiger partial charge in [0.25, 0.3) is 0 Å². The SMILES string of the molecule is c1ccc(-c2nc(-c3ccc(-n4c5ccccc5c5ccccc54)cc3)nc(-c3cccc(-c4nc5ccccc5c5c(-c6ccccc6)c6c(cc45)oc4ccccc46)c3)n2)cc1. The number of hydrogen-bond donors (Lipinski definition) is 0. The summed E-state index contributed by atoms with van der Waals surface area (Å²) in [5.74, 6) is 1.77. The Morgan fingerprint density at radius 2 is 0.859 bits per heavy atom. The molecule has 0 atom stereocenters. The first kappa shape index (κ1) is 36.0. The zero-order valence-corrected chi connectivity index (χ0v) is 34.4. The Morgan fingerprint density at radius 1 is 0.328 bits per heavy atom. The highest BCUT2D eigenvalue weighted by Crippen LogP contribution is 2.46. The minimum atomic E-state index is 0.576. The maximum absolute atomic E-state index is 6.64. The van der Waals surface area contributed by atoms with Crippen LogP contribution in [0, 0.1) is 0 Å². The standard InChI is InChI=1S/C58H35N5O/c1-3-16-36(17-4-1)52-53-44-24-7-11-26-47(44)59-55(46(53)35-51-54(52)45-25-10-14-29-50(45)64-51)39-20-15-21-40(34-39)58-61-56(37-18-5-2-6-19-37)60-57(62-58)38-30-32-41(33-31-38)63-48-27-12-8-22-42(48)43-23-9-13-28-49(43)63/h1-35H. The van der Waals surface area contributed by atoms with Crippen LogP contribution < -0.4 is 0 Å². The summed E-state index contributed by atoms with van der Waals surface area (Å²) in [6.07, 6.45) is 0. The van der Waals surface area contributed by atoms with Gasteiger partial charge in [-0.15, -0.1) is 0 Å². The van der Waals surface area contributed by atoms with Crippen molar-refractivity contribution in [2.24, 2.45) is 0 Å². The van der Waals surface area contributed by atoms with Crippen molar-refractivity contribution < 1.29 is 4.42 Å². The number of benzene rings is 9. The van der Waals surface area contributed by atoms with Crippen LogP contribution in [0.3, 0.4) is 0 Å². The molecule has 13 aromatic rings. The van der Waals surface area contributed by atoms with Gasteiger partial charge in [0.15, 0.2) is 17.5 Å². The lowest BCUT2D eigenvalue weighted by molar-refractivity contribution is 0.669. The van der Waals surface area contributed by atoms with Crippen molar-refractivity contribution in [3.63, 3.8) is 0 Å². The molecule has 0 amide bonds. The third-order valence-electron chi connectivity index (χ3n) is 12.4. The van der Waals surface area contributed by atoms with Crippen LogP contribution in [0.1, 0.15) is 0 Å². The lowest BCUT2D eigenvalue weighted by atomic mass is 9.89. The van der Waals surface area contributed by atoms with Crippen molar-refractivity contribution in [3.05, 3.63) is 212 Å². The van der Waals surface area contributed by atoms with E-state index in [1.807, 2.05) is 42.5 Å². The first-order chi connectivity index (χ1) is 31.7. The lowest BCUT2D eigenvalue weighted by Crippen LogP contribution is -2.01. The van der Waals surface area contributed by atoms with E-state index >= 15 is 0 Å². The van der Waals surface area contributed by atoms with Crippen molar-refractivity contribution in [2.45, 2.75) is 0 Å². The van der Waals surface area contributed by atoms with Crippen LogP contribution in [-0.2, 0) is 0 Å². The molecule has 4 heterocycles. The average Bonchev–Trinajstić information content (AvgIpc) is 3.91. The number of rotatable bonds is 6. The van der Waals surface area contributed by atoms with Crippen LogP contribution in [0.4, 0.5) is 0 Å². The van der Waals surface area contributed by atoms with Crippen LogP contribution in [0.15, 0.2) is 217 Å². The molecule has 4 aromatic heterocycles. The van der Waals surface area contributed by atoms with Crippen molar-refractivity contribution in [1.82, 2.24) is 24.5 Å². The zero-order valence-electron chi connectivity index (χ0n) is 34.4. The molecule has 0 radical (unpaired) electrons. The van der Waals surface area contributed by atoms with Gasteiger partial charge in [0.2, 0.25) is 0 Å². The molecule has 298 valence electrons. The summed E-state index contributed by atoms with van der Waals surface area (Å²) < 4.78 is 8.96. The second-order valence-corrected chi connectivity index (χ2v) is 16.2. The van der Waals surface area contributed by atoms with E-state index in [9.17, 15) is 0 Å².